The topological polar surface area (TPSA) is 73.6 Å². The normalized spacial score (nSPS) is 11.2. The van der Waals surface area contributed by atoms with Gasteiger partial charge in [-0.1, -0.05) is 6.07 Å². The van der Waals surface area contributed by atoms with Gasteiger partial charge in [0.05, 0.1) is 19.6 Å². The highest BCUT2D eigenvalue weighted by Gasteiger charge is 2.11. The third-order valence-electron chi connectivity index (χ3n) is 2.74. The van der Waals surface area contributed by atoms with Gasteiger partial charge in [-0.05, 0) is 45.4 Å². The van der Waals surface area contributed by atoms with Crippen molar-refractivity contribution in [2.45, 2.75) is 46.2 Å². The van der Waals surface area contributed by atoms with Crippen LogP contribution in [0.5, 0.6) is 11.5 Å². The van der Waals surface area contributed by atoms with Gasteiger partial charge in [-0.25, -0.2) is 0 Å². The lowest BCUT2D eigenvalue weighted by atomic mass is 10.1. The van der Waals surface area contributed by atoms with Crippen LogP contribution < -0.4 is 20.5 Å². The Balaban J connectivity index is 2.73. The van der Waals surface area contributed by atoms with E-state index in [0.29, 0.717) is 18.1 Å². The molecule has 0 heterocycles. The molecule has 1 rings (SSSR count). The van der Waals surface area contributed by atoms with Gasteiger partial charge >= 0.3 is 0 Å². The van der Waals surface area contributed by atoms with Crippen molar-refractivity contribution < 1.29 is 14.3 Å². The number of hydrogen-bond acceptors (Lipinski definition) is 4. The van der Waals surface area contributed by atoms with Gasteiger partial charge in [-0.3, -0.25) is 4.79 Å². The molecule has 1 amide bonds. The SMILES string of the molecule is CCOc1cc(CNC(C)(C)C)ccc1OCCC(N)=O. The molecular formula is C16H26N2O3. The van der Waals surface area contributed by atoms with Crippen LogP contribution in [0.2, 0.25) is 0 Å². The molecule has 0 aliphatic heterocycles. The fraction of sp³-hybridized carbons (Fsp3) is 0.562. The van der Waals surface area contributed by atoms with Crippen LogP contribution in [0, 0.1) is 0 Å². The monoisotopic (exact) mass is 294 g/mol. The standard InChI is InChI=1S/C16H26N2O3/c1-5-20-14-10-12(11-18-16(2,3)4)6-7-13(14)21-9-8-15(17)19/h6-7,10,18H,5,8-9,11H2,1-4H3,(H2,17,19). The van der Waals surface area contributed by atoms with E-state index >= 15 is 0 Å². The summed E-state index contributed by atoms with van der Waals surface area (Å²) in [5.74, 6) is 0.951. The number of carbonyl (C=O) groups excluding carboxylic acids is 1. The molecule has 0 atom stereocenters. The minimum absolute atomic E-state index is 0.0580. The summed E-state index contributed by atoms with van der Waals surface area (Å²) < 4.78 is 11.2. The molecule has 0 saturated heterocycles. The number of nitrogens with one attached hydrogen (secondary N) is 1. The van der Waals surface area contributed by atoms with Crippen molar-refractivity contribution in [3.05, 3.63) is 23.8 Å². The molecule has 5 heteroatoms. The number of benzene rings is 1. The van der Waals surface area contributed by atoms with Crippen LogP contribution in [0.25, 0.3) is 0 Å². The van der Waals surface area contributed by atoms with Crippen LogP contribution in [0.1, 0.15) is 39.7 Å². The number of nitrogens with two attached hydrogens (primary N) is 1. The van der Waals surface area contributed by atoms with E-state index in [1.54, 1.807) is 0 Å². The predicted octanol–water partition coefficient (Wildman–Crippen LogP) is 2.23. The zero-order valence-electron chi connectivity index (χ0n) is 13.4. The molecule has 1 aromatic rings. The minimum Gasteiger partial charge on any atom is -0.490 e. The average Bonchev–Trinajstić information content (AvgIpc) is 2.37. The summed E-state index contributed by atoms with van der Waals surface area (Å²) >= 11 is 0. The third kappa shape index (κ3) is 6.99. The molecule has 0 aliphatic rings. The second kappa shape index (κ2) is 7.88. The Morgan fingerprint density at radius 3 is 2.52 bits per heavy atom. The van der Waals surface area contributed by atoms with Crippen molar-refractivity contribution in [1.29, 1.82) is 0 Å². The van der Waals surface area contributed by atoms with Gasteiger partial charge in [0.2, 0.25) is 5.91 Å². The third-order valence-corrected chi connectivity index (χ3v) is 2.74. The van der Waals surface area contributed by atoms with Crippen LogP contribution in [0.15, 0.2) is 18.2 Å². The summed E-state index contributed by atoms with van der Waals surface area (Å²) in [6, 6.07) is 5.81. The van der Waals surface area contributed by atoms with E-state index in [4.69, 9.17) is 15.2 Å². The average molecular weight is 294 g/mol. The van der Waals surface area contributed by atoms with Crippen molar-refractivity contribution in [3.8, 4) is 11.5 Å². The molecule has 0 aliphatic carbocycles. The molecule has 21 heavy (non-hydrogen) atoms. The smallest absolute Gasteiger partial charge is 0.220 e. The van der Waals surface area contributed by atoms with Crippen LogP contribution >= 0.6 is 0 Å². The molecule has 0 unspecified atom stereocenters. The van der Waals surface area contributed by atoms with Gasteiger partial charge in [-0.15, -0.1) is 0 Å². The molecule has 0 saturated carbocycles. The lowest BCUT2D eigenvalue weighted by Gasteiger charge is -2.21. The Kier molecular flexibility index (Phi) is 6.49. The minimum atomic E-state index is -0.376. The molecule has 3 N–H and O–H groups in total. The van der Waals surface area contributed by atoms with Gasteiger partial charge in [0.25, 0.3) is 0 Å². The first kappa shape index (κ1) is 17.3. The first-order chi connectivity index (χ1) is 9.81. The fourth-order valence-electron chi connectivity index (χ4n) is 1.68. The van der Waals surface area contributed by atoms with E-state index in [0.717, 1.165) is 12.1 Å². The highest BCUT2D eigenvalue weighted by atomic mass is 16.5. The second-order valence-electron chi connectivity index (χ2n) is 5.88. The maximum absolute atomic E-state index is 10.7. The molecule has 5 nitrogen and oxygen atoms in total. The quantitative estimate of drug-likeness (QED) is 0.771. The van der Waals surface area contributed by atoms with Gasteiger partial charge in [0, 0.05) is 12.1 Å². The Hall–Kier alpha value is -1.75. The molecule has 1 aromatic carbocycles. The lowest BCUT2D eigenvalue weighted by molar-refractivity contribution is -0.118. The number of hydrogen-bond donors (Lipinski definition) is 2. The molecule has 118 valence electrons. The molecule has 0 spiro atoms. The summed E-state index contributed by atoms with van der Waals surface area (Å²) in [6.07, 6.45) is 0.193. The first-order valence-electron chi connectivity index (χ1n) is 7.23. The van der Waals surface area contributed by atoms with Gasteiger partial charge in [0.15, 0.2) is 11.5 Å². The summed E-state index contributed by atoms with van der Waals surface area (Å²) in [5, 5.41) is 3.43. The number of carbonyl (C=O) groups is 1. The van der Waals surface area contributed by atoms with Crippen LogP contribution in [0.3, 0.4) is 0 Å². The Morgan fingerprint density at radius 2 is 1.95 bits per heavy atom. The van der Waals surface area contributed by atoms with Gasteiger partial charge in [0.1, 0.15) is 0 Å². The predicted molar refractivity (Wildman–Crippen MR) is 83.5 cm³/mol. The summed E-state index contributed by atoms with van der Waals surface area (Å²) in [5.41, 5.74) is 6.28. The number of primary amides is 1. The second-order valence-corrected chi connectivity index (χ2v) is 5.88. The Labute approximate surface area is 126 Å². The highest BCUT2D eigenvalue weighted by molar-refractivity contribution is 5.73. The number of rotatable bonds is 8. The highest BCUT2D eigenvalue weighted by Crippen LogP contribution is 2.28. The van der Waals surface area contributed by atoms with E-state index in [9.17, 15) is 4.79 Å². The Bertz CT molecular complexity index is 467. The molecule has 0 bridgehead atoms. The van der Waals surface area contributed by atoms with E-state index < -0.39 is 0 Å². The molecule has 0 radical (unpaired) electrons. The van der Waals surface area contributed by atoms with E-state index in [2.05, 4.69) is 26.1 Å². The molecule has 0 aromatic heterocycles. The largest absolute Gasteiger partial charge is 0.490 e. The fourth-order valence-corrected chi connectivity index (χ4v) is 1.68. The summed E-state index contributed by atoms with van der Waals surface area (Å²) in [6.45, 7) is 9.86. The summed E-state index contributed by atoms with van der Waals surface area (Å²) in [4.78, 5) is 10.7. The number of amides is 1. The van der Waals surface area contributed by atoms with Crippen molar-refractivity contribution in [2.24, 2.45) is 5.73 Å². The maximum Gasteiger partial charge on any atom is 0.220 e. The van der Waals surface area contributed by atoms with Crippen molar-refractivity contribution >= 4 is 5.91 Å². The first-order valence-corrected chi connectivity index (χ1v) is 7.23. The molecule has 0 fully saturated rings. The van der Waals surface area contributed by atoms with Crippen molar-refractivity contribution in [1.82, 2.24) is 5.32 Å². The Morgan fingerprint density at radius 1 is 1.24 bits per heavy atom. The van der Waals surface area contributed by atoms with Gasteiger partial charge < -0.3 is 20.5 Å². The van der Waals surface area contributed by atoms with Crippen molar-refractivity contribution in [2.75, 3.05) is 13.2 Å². The van der Waals surface area contributed by atoms with Crippen LogP contribution in [-0.2, 0) is 11.3 Å². The van der Waals surface area contributed by atoms with Crippen LogP contribution in [-0.4, -0.2) is 24.7 Å². The maximum atomic E-state index is 10.7. The van der Waals surface area contributed by atoms with E-state index in [1.165, 1.54) is 0 Å². The lowest BCUT2D eigenvalue weighted by Crippen LogP contribution is -2.35. The number of ether oxygens (including phenoxy) is 2. The molecular weight excluding hydrogens is 268 g/mol. The van der Waals surface area contributed by atoms with Gasteiger partial charge in [-0.2, -0.15) is 0 Å². The van der Waals surface area contributed by atoms with E-state index in [-0.39, 0.29) is 24.5 Å². The zero-order valence-corrected chi connectivity index (χ0v) is 13.4. The zero-order chi connectivity index (χ0) is 15.9. The van der Waals surface area contributed by atoms with Crippen molar-refractivity contribution in [3.63, 3.8) is 0 Å². The van der Waals surface area contributed by atoms with Crippen LogP contribution in [0.4, 0.5) is 0 Å². The van der Waals surface area contributed by atoms with E-state index in [1.807, 2.05) is 25.1 Å². The summed E-state index contributed by atoms with van der Waals surface area (Å²) in [7, 11) is 0.